The van der Waals surface area contributed by atoms with Crippen molar-refractivity contribution in [3.63, 3.8) is 0 Å². The largest absolute Gasteiger partial charge is 0.467 e. The lowest BCUT2D eigenvalue weighted by atomic mass is 9.94. The standard InChI is InChI=1S/C17H17F6NO2/c1-4-6-15(5-2,14(25)26-3)24-10-11-7-12(16(18,19)20)9-13(8-11)17(21,22)23/h5,7-10H,2,4,6H2,1,3H3. The third-order valence-electron chi connectivity index (χ3n) is 3.56. The van der Waals surface area contributed by atoms with Gasteiger partial charge in [-0.25, -0.2) is 4.79 Å². The molecule has 1 aromatic rings. The van der Waals surface area contributed by atoms with E-state index in [2.05, 4.69) is 16.3 Å². The Bertz CT molecular complexity index is 661. The molecule has 1 unspecified atom stereocenters. The summed E-state index contributed by atoms with van der Waals surface area (Å²) >= 11 is 0. The molecule has 0 N–H and O–H groups in total. The summed E-state index contributed by atoms with van der Waals surface area (Å²) in [5.74, 6) is -0.811. The Balaban J connectivity index is 3.47. The van der Waals surface area contributed by atoms with Gasteiger partial charge in [0, 0.05) is 6.21 Å². The van der Waals surface area contributed by atoms with Crippen LogP contribution in [-0.4, -0.2) is 24.8 Å². The summed E-state index contributed by atoms with van der Waals surface area (Å²) in [4.78, 5) is 15.9. The van der Waals surface area contributed by atoms with Crippen LogP contribution in [0, 0.1) is 0 Å². The van der Waals surface area contributed by atoms with Gasteiger partial charge < -0.3 is 4.74 Å². The van der Waals surface area contributed by atoms with Crippen LogP contribution in [0.1, 0.15) is 36.5 Å². The van der Waals surface area contributed by atoms with Crippen molar-refractivity contribution in [3.8, 4) is 0 Å². The highest BCUT2D eigenvalue weighted by Crippen LogP contribution is 2.36. The van der Waals surface area contributed by atoms with Gasteiger partial charge in [0.25, 0.3) is 0 Å². The summed E-state index contributed by atoms with van der Waals surface area (Å²) in [5.41, 5.74) is -4.97. The van der Waals surface area contributed by atoms with E-state index in [1.54, 1.807) is 6.92 Å². The average Bonchev–Trinajstić information content (AvgIpc) is 2.56. The van der Waals surface area contributed by atoms with E-state index in [9.17, 15) is 31.1 Å². The minimum Gasteiger partial charge on any atom is -0.467 e. The highest BCUT2D eigenvalue weighted by Gasteiger charge is 2.37. The molecule has 144 valence electrons. The minimum atomic E-state index is -4.97. The van der Waals surface area contributed by atoms with Crippen molar-refractivity contribution in [1.29, 1.82) is 0 Å². The number of hydrogen-bond acceptors (Lipinski definition) is 3. The van der Waals surface area contributed by atoms with Crippen LogP contribution in [0.2, 0.25) is 0 Å². The molecule has 0 bridgehead atoms. The van der Waals surface area contributed by atoms with Crippen molar-refractivity contribution >= 4 is 12.2 Å². The van der Waals surface area contributed by atoms with Gasteiger partial charge in [0.2, 0.25) is 0 Å². The Morgan fingerprint density at radius 3 is 1.96 bits per heavy atom. The number of rotatable bonds is 6. The number of methoxy groups -OCH3 is 1. The molecule has 0 aromatic heterocycles. The quantitative estimate of drug-likeness (QED) is 0.300. The third-order valence-corrected chi connectivity index (χ3v) is 3.56. The summed E-state index contributed by atoms with van der Waals surface area (Å²) in [6.45, 7) is 5.20. The summed E-state index contributed by atoms with van der Waals surface area (Å²) < 4.78 is 81.9. The van der Waals surface area contributed by atoms with Gasteiger partial charge in [-0.2, -0.15) is 26.3 Å². The van der Waals surface area contributed by atoms with Crippen molar-refractivity contribution in [1.82, 2.24) is 0 Å². The Morgan fingerprint density at radius 2 is 1.62 bits per heavy atom. The van der Waals surface area contributed by atoms with Crippen molar-refractivity contribution in [3.05, 3.63) is 47.5 Å². The van der Waals surface area contributed by atoms with E-state index < -0.39 is 40.6 Å². The number of nitrogens with zero attached hydrogens (tertiary/aromatic N) is 1. The van der Waals surface area contributed by atoms with E-state index in [0.29, 0.717) is 18.6 Å². The van der Waals surface area contributed by atoms with E-state index >= 15 is 0 Å². The van der Waals surface area contributed by atoms with Crippen LogP contribution in [0.3, 0.4) is 0 Å². The van der Waals surface area contributed by atoms with Crippen LogP contribution in [0.4, 0.5) is 26.3 Å². The fourth-order valence-electron chi connectivity index (χ4n) is 2.26. The number of esters is 1. The Morgan fingerprint density at radius 1 is 1.12 bits per heavy atom. The number of benzene rings is 1. The summed E-state index contributed by atoms with van der Waals surface area (Å²) in [5, 5.41) is 0. The molecule has 1 rings (SSSR count). The SMILES string of the molecule is C=CC(CCC)(N=Cc1cc(C(F)(F)F)cc(C(F)(F)F)c1)C(=O)OC. The predicted octanol–water partition coefficient (Wildman–Crippen LogP) is 5.04. The molecule has 0 saturated carbocycles. The normalized spacial score (nSPS) is 14.9. The minimum absolute atomic E-state index is 0.0183. The van der Waals surface area contributed by atoms with E-state index in [1.807, 2.05) is 0 Å². The second kappa shape index (κ2) is 7.92. The first-order valence-corrected chi connectivity index (χ1v) is 7.46. The molecule has 0 aliphatic heterocycles. The molecular formula is C17H17F6NO2. The van der Waals surface area contributed by atoms with Gasteiger partial charge in [-0.05, 0) is 30.2 Å². The van der Waals surface area contributed by atoms with Crippen molar-refractivity contribution in [2.45, 2.75) is 37.7 Å². The molecule has 3 nitrogen and oxygen atoms in total. The maximum absolute atomic E-state index is 12.9. The summed E-state index contributed by atoms with van der Waals surface area (Å²) in [6, 6.07) is 1.07. The van der Waals surface area contributed by atoms with Crippen LogP contribution < -0.4 is 0 Å². The molecule has 26 heavy (non-hydrogen) atoms. The Labute approximate surface area is 146 Å². The highest BCUT2D eigenvalue weighted by molar-refractivity contribution is 5.88. The van der Waals surface area contributed by atoms with Crippen molar-refractivity contribution in [2.24, 2.45) is 4.99 Å². The summed E-state index contributed by atoms with van der Waals surface area (Å²) in [7, 11) is 1.10. The zero-order valence-corrected chi connectivity index (χ0v) is 14.0. The van der Waals surface area contributed by atoms with Crippen LogP contribution >= 0.6 is 0 Å². The highest BCUT2D eigenvalue weighted by atomic mass is 19.4. The molecule has 0 radical (unpaired) electrons. The second-order valence-corrected chi connectivity index (χ2v) is 5.47. The lowest BCUT2D eigenvalue weighted by Gasteiger charge is -2.22. The van der Waals surface area contributed by atoms with Gasteiger partial charge in [-0.3, -0.25) is 4.99 Å². The van der Waals surface area contributed by atoms with Crippen LogP contribution in [0.25, 0.3) is 0 Å². The number of hydrogen-bond donors (Lipinski definition) is 0. The lowest BCUT2D eigenvalue weighted by molar-refractivity contribution is -0.145. The fourth-order valence-corrected chi connectivity index (χ4v) is 2.26. The van der Waals surface area contributed by atoms with Crippen LogP contribution in [0.15, 0.2) is 35.8 Å². The maximum atomic E-state index is 12.9. The van der Waals surface area contributed by atoms with Gasteiger partial charge >= 0.3 is 18.3 Å². The Hall–Kier alpha value is -2.32. The fraction of sp³-hybridized carbons (Fsp3) is 0.412. The van der Waals surface area contributed by atoms with Gasteiger partial charge in [-0.15, -0.1) is 6.58 Å². The van der Waals surface area contributed by atoms with E-state index in [1.165, 1.54) is 0 Å². The van der Waals surface area contributed by atoms with Gasteiger partial charge in [0.05, 0.1) is 18.2 Å². The predicted molar refractivity (Wildman–Crippen MR) is 83.9 cm³/mol. The smallest absolute Gasteiger partial charge is 0.416 e. The topological polar surface area (TPSA) is 38.7 Å². The molecule has 0 heterocycles. The van der Waals surface area contributed by atoms with Crippen LogP contribution in [0.5, 0.6) is 0 Å². The number of carbonyl (C=O) groups excluding carboxylic acids is 1. The zero-order valence-electron chi connectivity index (χ0n) is 14.0. The molecule has 9 heteroatoms. The first-order valence-electron chi connectivity index (χ1n) is 7.46. The van der Waals surface area contributed by atoms with E-state index in [4.69, 9.17) is 0 Å². The molecule has 0 fully saturated rings. The number of aliphatic imine (C=N–C) groups is 1. The lowest BCUT2D eigenvalue weighted by Crippen LogP contribution is -2.35. The molecule has 0 amide bonds. The Kier molecular flexibility index (Phi) is 6.62. The number of carbonyl (C=O) groups is 1. The second-order valence-electron chi connectivity index (χ2n) is 5.47. The molecule has 1 atom stereocenters. The molecule has 0 aliphatic rings. The average molecular weight is 381 g/mol. The molecule has 0 spiro atoms. The third kappa shape index (κ3) is 5.09. The number of alkyl halides is 6. The van der Waals surface area contributed by atoms with Crippen molar-refractivity contribution in [2.75, 3.05) is 7.11 Å². The monoisotopic (exact) mass is 381 g/mol. The molecule has 0 aliphatic carbocycles. The van der Waals surface area contributed by atoms with Crippen LogP contribution in [-0.2, 0) is 21.9 Å². The first-order chi connectivity index (χ1) is 11.9. The van der Waals surface area contributed by atoms with Gasteiger partial charge in [-0.1, -0.05) is 19.4 Å². The van der Waals surface area contributed by atoms with Gasteiger partial charge in [0.1, 0.15) is 0 Å². The first kappa shape index (κ1) is 21.7. The van der Waals surface area contributed by atoms with Crippen molar-refractivity contribution < 1.29 is 35.9 Å². The molecule has 0 saturated heterocycles. The number of halogens is 6. The van der Waals surface area contributed by atoms with E-state index in [0.717, 1.165) is 19.4 Å². The summed E-state index contributed by atoms with van der Waals surface area (Å²) in [6.07, 6.45) is -7.41. The van der Waals surface area contributed by atoms with Gasteiger partial charge in [0.15, 0.2) is 5.54 Å². The zero-order chi connectivity index (χ0) is 20.2. The molecule has 1 aromatic carbocycles. The number of ether oxygens (including phenoxy) is 1. The van der Waals surface area contributed by atoms with E-state index in [-0.39, 0.29) is 12.5 Å². The maximum Gasteiger partial charge on any atom is 0.416 e. The molecular weight excluding hydrogens is 364 g/mol.